The van der Waals surface area contributed by atoms with Crippen molar-refractivity contribution in [2.24, 2.45) is 5.92 Å². The number of benzene rings is 2. The number of rotatable bonds is 8. The van der Waals surface area contributed by atoms with E-state index in [1.165, 1.54) is 14.2 Å². The van der Waals surface area contributed by atoms with Crippen molar-refractivity contribution in [3.63, 3.8) is 0 Å². The Bertz CT molecular complexity index is 662. The van der Waals surface area contributed by atoms with E-state index in [0.29, 0.717) is 12.7 Å². The molecule has 0 aliphatic carbocycles. The monoisotopic (exact) mass is 315 g/mol. The number of carbonyl (C=O) groups is 2. The van der Waals surface area contributed by atoms with Gasteiger partial charge in [-0.15, -0.1) is 0 Å². The van der Waals surface area contributed by atoms with Crippen LogP contribution in [0.25, 0.3) is 10.8 Å². The fraction of sp³-hybridized carbons (Fsp3) is 0.333. The topological polar surface area (TPSA) is 64.6 Å². The van der Waals surface area contributed by atoms with E-state index in [9.17, 15) is 9.59 Å². The second kappa shape index (κ2) is 8.41. The zero-order valence-corrected chi connectivity index (χ0v) is 13.3. The van der Waals surface area contributed by atoms with Gasteiger partial charge in [0, 0.05) is 14.2 Å². The lowest BCUT2D eigenvalue weighted by atomic mass is 9.95. The standard InChI is InChI=1S/C18H21NO4/c1-22-17(23-2)11-19-18(21)15(12-20)10-14-8-5-7-13-6-3-4-9-16(13)14/h3-9,12,15,17H,10-11H2,1-2H3,(H,19,21). The molecule has 2 rings (SSSR count). The van der Waals surface area contributed by atoms with Gasteiger partial charge in [-0.1, -0.05) is 42.5 Å². The number of ether oxygens (including phenoxy) is 2. The van der Waals surface area contributed by atoms with Crippen molar-refractivity contribution in [3.05, 3.63) is 48.0 Å². The molecule has 0 spiro atoms. The predicted octanol–water partition coefficient (Wildman–Crippen LogP) is 1.93. The van der Waals surface area contributed by atoms with Crippen molar-refractivity contribution in [1.29, 1.82) is 0 Å². The van der Waals surface area contributed by atoms with Gasteiger partial charge < -0.3 is 19.6 Å². The van der Waals surface area contributed by atoms with Gasteiger partial charge in [0.05, 0.1) is 12.5 Å². The highest BCUT2D eigenvalue weighted by atomic mass is 16.7. The summed E-state index contributed by atoms with van der Waals surface area (Å²) < 4.78 is 10.0. The summed E-state index contributed by atoms with van der Waals surface area (Å²) in [6, 6.07) is 13.8. The molecule has 1 unspecified atom stereocenters. The summed E-state index contributed by atoms with van der Waals surface area (Å²) in [4.78, 5) is 23.5. The van der Waals surface area contributed by atoms with Crippen molar-refractivity contribution < 1.29 is 19.1 Å². The van der Waals surface area contributed by atoms with E-state index < -0.39 is 12.2 Å². The Morgan fingerprint density at radius 2 is 1.83 bits per heavy atom. The third kappa shape index (κ3) is 4.37. The summed E-state index contributed by atoms with van der Waals surface area (Å²) >= 11 is 0. The van der Waals surface area contributed by atoms with Crippen LogP contribution in [-0.4, -0.2) is 39.2 Å². The minimum absolute atomic E-state index is 0.200. The van der Waals surface area contributed by atoms with Crippen LogP contribution in [0.1, 0.15) is 5.56 Å². The second-order valence-corrected chi connectivity index (χ2v) is 5.23. The lowest BCUT2D eigenvalue weighted by Crippen LogP contribution is -2.39. The molecule has 0 radical (unpaired) electrons. The number of aldehydes is 1. The summed E-state index contributed by atoms with van der Waals surface area (Å²) in [5, 5.41) is 4.83. The Kier molecular flexibility index (Phi) is 6.26. The Labute approximate surface area is 135 Å². The van der Waals surface area contributed by atoms with Crippen molar-refractivity contribution in [1.82, 2.24) is 5.32 Å². The fourth-order valence-corrected chi connectivity index (χ4v) is 2.49. The molecule has 1 atom stereocenters. The molecule has 5 heteroatoms. The van der Waals surface area contributed by atoms with Crippen LogP contribution in [0, 0.1) is 5.92 Å². The average Bonchev–Trinajstić information content (AvgIpc) is 2.60. The quantitative estimate of drug-likeness (QED) is 0.459. The van der Waals surface area contributed by atoms with Crippen LogP contribution < -0.4 is 5.32 Å². The number of hydrogen-bond donors (Lipinski definition) is 1. The first kappa shape index (κ1) is 17.1. The smallest absolute Gasteiger partial charge is 0.230 e. The minimum Gasteiger partial charge on any atom is -0.354 e. The van der Waals surface area contributed by atoms with Crippen LogP contribution in [0.15, 0.2) is 42.5 Å². The summed E-state index contributed by atoms with van der Waals surface area (Å²) in [7, 11) is 2.99. The average molecular weight is 315 g/mol. The minimum atomic E-state index is -0.741. The predicted molar refractivity (Wildman–Crippen MR) is 88.0 cm³/mol. The Morgan fingerprint density at radius 1 is 1.13 bits per heavy atom. The van der Waals surface area contributed by atoms with Gasteiger partial charge in [-0.05, 0) is 22.8 Å². The molecule has 0 heterocycles. The second-order valence-electron chi connectivity index (χ2n) is 5.23. The maximum Gasteiger partial charge on any atom is 0.230 e. The first-order chi connectivity index (χ1) is 11.2. The summed E-state index contributed by atoms with van der Waals surface area (Å²) in [6.45, 7) is 0.200. The van der Waals surface area contributed by atoms with Crippen LogP contribution in [0.3, 0.4) is 0 Å². The molecular weight excluding hydrogens is 294 g/mol. The molecule has 0 saturated carbocycles. The van der Waals surface area contributed by atoms with Crippen molar-refractivity contribution in [3.8, 4) is 0 Å². The molecule has 0 saturated heterocycles. The molecule has 2 aromatic carbocycles. The number of hydrogen-bond acceptors (Lipinski definition) is 4. The first-order valence-electron chi connectivity index (χ1n) is 7.44. The molecule has 1 amide bonds. The molecular formula is C18H21NO4. The molecule has 0 aliphatic rings. The maximum atomic E-state index is 12.2. The van der Waals surface area contributed by atoms with E-state index in [1.807, 2.05) is 42.5 Å². The van der Waals surface area contributed by atoms with Gasteiger partial charge in [-0.3, -0.25) is 4.79 Å². The van der Waals surface area contributed by atoms with Crippen LogP contribution in [0.5, 0.6) is 0 Å². The number of nitrogens with one attached hydrogen (secondary N) is 1. The molecule has 23 heavy (non-hydrogen) atoms. The van der Waals surface area contributed by atoms with Gasteiger partial charge in [-0.25, -0.2) is 0 Å². The molecule has 5 nitrogen and oxygen atoms in total. The molecule has 122 valence electrons. The molecule has 1 N–H and O–H groups in total. The van der Waals surface area contributed by atoms with Crippen LogP contribution >= 0.6 is 0 Å². The Hall–Kier alpha value is -2.24. The highest BCUT2D eigenvalue weighted by molar-refractivity contribution is 5.93. The third-order valence-electron chi connectivity index (χ3n) is 3.79. The normalized spacial score (nSPS) is 12.3. The van der Waals surface area contributed by atoms with E-state index in [2.05, 4.69) is 5.32 Å². The lowest BCUT2D eigenvalue weighted by molar-refractivity contribution is -0.133. The zero-order chi connectivity index (χ0) is 16.7. The summed E-state index contributed by atoms with van der Waals surface area (Å²) in [6.07, 6.45) is 0.524. The summed E-state index contributed by atoms with van der Waals surface area (Å²) in [5.41, 5.74) is 0.977. The van der Waals surface area contributed by atoms with E-state index in [4.69, 9.17) is 9.47 Å². The van der Waals surface area contributed by atoms with Crippen molar-refractivity contribution >= 4 is 23.0 Å². The molecule has 0 bridgehead atoms. The van der Waals surface area contributed by atoms with Gasteiger partial charge in [0.2, 0.25) is 5.91 Å². The van der Waals surface area contributed by atoms with Gasteiger partial charge in [-0.2, -0.15) is 0 Å². The molecule has 2 aromatic rings. The Morgan fingerprint density at radius 3 is 2.52 bits per heavy atom. The maximum absolute atomic E-state index is 12.2. The lowest BCUT2D eigenvalue weighted by Gasteiger charge is -2.16. The van der Waals surface area contributed by atoms with Crippen molar-refractivity contribution in [2.75, 3.05) is 20.8 Å². The van der Waals surface area contributed by atoms with E-state index in [-0.39, 0.29) is 12.5 Å². The van der Waals surface area contributed by atoms with E-state index in [1.54, 1.807) is 0 Å². The summed E-state index contributed by atoms with van der Waals surface area (Å²) in [5.74, 6) is -1.07. The van der Waals surface area contributed by atoms with Crippen LogP contribution in [-0.2, 0) is 25.5 Å². The van der Waals surface area contributed by atoms with Gasteiger partial charge in [0.15, 0.2) is 6.29 Å². The first-order valence-corrected chi connectivity index (χ1v) is 7.44. The van der Waals surface area contributed by atoms with Crippen LogP contribution in [0.2, 0.25) is 0 Å². The molecule has 0 fully saturated rings. The highest BCUT2D eigenvalue weighted by Crippen LogP contribution is 2.21. The van der Waals surface area contributed by atoms with Gasteiger partial charge in [0.1, 0.15) is 6.29 Å². The van der Waals surface area contributed by atoms with Gasteiger partial charge >= 0.3 is 0 Å². The molecule has 0 aromatic heterocycles. The highest BCUT2D eigenvalue weighted by Gasteiger charge is 2.20. The van der Waals surface area contributed by atoms with E-state index in [0.717, 1.165) is 16.3 Å². The zero-order valence-electron chi connectivity index (χ0n) is 13.3. The fourth-order valence-electron chi connectivity index (χ4n) is 2.49. The van der Waals surface area contributed by atoms with Crippen molar-refractivity contribution in [2.45, 2.75) is 12.7 Å². The van der Waals surface area contributed by atoms with E-state index >= 15 is 0 Å². The van der Waals surface area contributed by atoms with Crippen LogP contribution in [0.4, 0.5) is 0 Å². The largest absolute Gasteiger partial charge is 0.354 e. The Balaban J connectivity index is 2.09. The SMILES string of the molecule is COC(CNC(=O)C(C=O)Cc1cccc2ccccc12)OC. The number of methoxy groups -OCH3 is 2. The number of fused-ring (bicyclic) bond motifs is 1. The number of amides is 1. The molecule has 0 aliphatic heterocycles. The third-order valence-corrected chi connectivity index (χ3v) is 3.79. The van der Waals surface area contributed by atoms with Gasteiger partial charge in [0.25, 0.3) is 0 Å². The number of carbonyl (C=O) groups excluding carboxylic acids is 2.